The van der Waals surface area contributed by atoms with Crippen LogP contribution in [0.4, 0.5) is 0 Å². The zero-order valence-electron chi connectivity index (χ0n) is 11.9. The number of benzene rings is 1. The fraction of sp³-hybridized carbons (Fsp3) is 0.308. The molecule has 0 radical (unpaired) electrons. The van der Waals surface area contributed by atoms with Gasteiger partial charge in [-0.15, -0.1) is 10.2 Å². The monoisotopic (exact) mass is 320 g/mol. The number of aromatic carboxylic acids is 1. The summed E-state index contributed by atoms with van der Waals surface area (Å²) in [4.78, 5) is 11.2. The Balaban J connectivity index is 1.76. The summed E-state index contributed by atoms with van der Waals surface area (Å²) in [6.07, 6.45) is 2.25. The highest BCUT2D eigenvalue weighted by molar-refractivity contribution is 7.99. The summed E-state index contributed by atoms with van der Waals surface area (Å²) in [7, 11) is 1.08. The van der Waals surface area contributed by atoms with Crippen molar-refractivity contribution in [1.82, 2.24) is 14.8 Å². The number of rotatable bonds is 4. The Morgan fingerprint density at radius 2 is 2.45 bits per heavy atom. The highest BCUT2D eigenvalue weighted by atomic mass is 32.2. The highest BCUT2D eigenvalue weighted by Gasteiger charge is 2.44. The Bertz CT molecular complexity index is 708. The van der Waals surface area contributed by atoms with Crippen LogP contribution in [0.2, 0.25) is 5.82 Å². The molecule has 0 saturated heterocycles. The third-order valence-corrected chi connectivity index (χ3v) is 4.80. The summed E-state index contributed by atoms with van der Waals surface area (Å²) in [6.45, 7) is 0. The second-order valence-corrected chi connectivity index (χ2v) is 6.12. The first-order valence-corrected chi connectivity index (χ1v) is 7.74. The van der Waals surface area contributed by atoms with E-state index >= 15 is 0 Å². The first-order chi connectivity index (χ1) is 10.6. The number of fused-ring (bicyclic) bond motifs is 1. The van der Waals surface area contributed by atoms with Crippen molar-refractivity contribution in [3.05, 3.63) is 35.7 Å². The van der Waals surface area contributed by atoms with Crippen LogP contribution in [-0.4, -0.2) is 43.7 Å². The van der Waals surface area contributed by atoms with E-state index in [-0.39, 0.29) is 11.4 Å². The predicted octanol–water partition coefficient (Wildman–Crippen LogP) is 0.823. The van der Waals surface area contributed by atoms with Gasteiger partial charge >= 0.3 is 13.1 Å². The molecular formula is C13H15BN3O4S+. The van der Waals surface area contributed by atoms with E-state index in [1.165, 1.54) is 17.8 Å². The summed E-state index contributed by atoms with van der Waals surface area (Å²) in [5, 5.41) is 25.9. The maximum absolute atomic E-state index is 11.2. The van der Waals surface area contributed by atoms with Crippen LogP contribution in [0.15, 0.2) is 29.7 Å². The Morgan fingerprint density at radius 3 is 3.14 bits per heavy atom. The Kier molecular flexibility index (Phi) is 4.08. The fourth-order valence-electron chi connectivity index (χ4n) is 2.40. The normalized spacial score (nSPS) is 17.0. The number of nitrogens with zero attached hydrogens (tertiary/aromatic N) is 3. The maximum Gasteiger partial charge on any atom is 0.765 e. The van der Waals surface area contributed by atoms with Crippen molar-refractivity contribution in [2.75, 3.05) is 5.75 Å². The highest BCUT2D eigenvalue weighted by Crippen LogP contribution is 2.36. The molecule has 1 aliphatic heterocycles. The second-order valence-electron chi connectivity index (χ2n) is 5.14. The smallest absolute Gasteiger partial charge is 0.515 e. The van der Waals surface area contributed by atoms with E-state index in [0.717, 1.165) is 10.7 Å². The van der Waals surface area contributed by atoms with Gasteiger partial charge in [-0.1, -0.05) is 23.9 Å². The first kappa shape index (κ1) is 14.9. The standard InChI is InChI=1S/C13H14BN3O4S/c1-17-7-15-16-13(17)22-6-9-5-8-3-2-4-10(12(18)19)11(8)21-14(9)20/h2-4,7,9,20H,5-6H2,1H3,(H,18,19)/p+1. The Morgan fingerprint density at radius 1 is 1.64 bits per heavy atom. The summed E-state index contributed by atoms with van der Waals surface area (Å²) < 4.78 is 7.39. The van der Waals surface area contributed by atoms with Crippen LogP contribution in [0.5, 0.6) is 5.75 Å². The maximum atomic E-state index is 11.2. The molecule has 2 heterocycles. The van der Waals surface area contributed by atoms with Crippen molar-refractivity contribution < 1.29 is 19.6 Å². The number of para-hydroxylation sites is 1. The zero-order chi connectivity index (χ0) is 15.7. The van der Waals surface area contributed by atoms with E-state index in [9.17, 15) is 9.90 Å². The topological polar surface area (TPSA) is 100 Å². The fourth-order valence-corrected chi connectivity index (χ4v) is 3.41. The van der Waals surface area contributed by atoms with Crippen molar-refractivity contribution in [3.63, 3.8) is 0 Å². The van der Waals surface area contributed by atoms with E-state index < -0.39 is 13.1 Å². The molecule has 0 bridgehead atoms. The molecule has 1 atom stereocenters. The van der Waals surface area contributed by atoms with E-state index in [4.69, 9.17) is 9.68 Å². The van der Waals surface area contributed by atoms with Crippen LogP contribution in [0, 0.1) is 0 Å². The van der Waals surface area contributed by atoms with Gasteiger partial charge in [0, 0.05) is 12.8 Å². The molecule has 1 aliphatic rings. The lowest BCUT2D eigenvalue weighted by molar-refractivity contribution is 0.0694. The Labute approximate surface area is 131 Å². The molecule has 114 valence electrons. The van der Waals surface area contributed by atoms with Gasteiger partial charge in [0.1, 0.15) is 17.6 Å². The van der Waals surface area contributed by atoms with Gasteiger partial charge in [-0.3, -0.25) is 0 Å². The number of hydrogen-bond donors (Lipinski definition) is 1. The van der Waals surface area contributed by atoms with Crippen molar-refractivity contribution >= 4 is 24.8 Å². The van der Waals surface area contributed by atoms with Gasteiger partial charge in [0.05, 0.1) is 5.82 Å². The quantitative estimate of drug-likeness (QED) is 0.509. The molecule has 0 fully saturated rings. The van der Waals surface area contributed by atoms with E-state index in [0.29, 0.717) is 17.9 Å². The third-order valence-electron chi connectivity index (χ3n) is 3.58. The van der Waals surface area contributed by atoms with Gasteiger partial charge < -0.3 is 19.4 Å². The van der Waals surface area contributed by atoms with Crippen LogP contribution in [-0.2, 0) is 13.5 Å². The van der Waals surface area contributed by atoms with Crippen molar-refractivity contribution in [2.24, 2.45) is 7.05 Å². The molecule has 22 heavy (non-hydrogen) atoms. The largest absolute Gasteiger partial charge is 0.765 e. The number of thioether (sulfide) groups is 1. The van der Waals surface area contributed by atoms with Gasteiger partial charge in [0.15, 0.2) is 5.16 Å². The molecule has 0 saturated carbocycles. The minimum Gasteiger partial charge on any atom is -0.515 e. The van der Waals surface area contributed by atoms with Crippen LogP contribution in [0.1, 0.15) is 15.9 Å². The predicted molar refractivity (Wildman–Crippen MR) is 82.6 cm³/mol. The zero-order valence-corrected chi connectivity index (χ0v) is 12.7. The third kappa shape index (κ3) is 2.82. The summed E-state index contributed by atoms with van der Waals surface area (Å²) in [5.41, 5.74) is 0.959. The van der Waals surface area contributed by atoms with Crippen LogP contribution in [0.3, 0.4) is 0 Å². The van der Waals surface area contributed by atoms with Gasteiger partial charge in [0.25, 0.3) is 0 Å². The lowest BCUT2D eigenvalue weighted by Crippen LogP contribution is -2.36. The first-order valence-electron chi connectivity index (χ1n) is 6.76. The SMILES string of the molecule is Cn1cnnc1SCC1Cc2cccc(C(=O)O)c2OB1[OH2+]. The number of aryl methyl sites for hydroxylation is 1. The summed E-state index contributed by atoms with van der Waals surface area (Å²) in [5.74, 6) is -0.0682. The molecule has 7 nitrogen and oxygen atoms in total. The van der Waals surface area contributed by atoms with Crippen LogP contribution >= 0.6 is 11.8 Å². The average molecular weight is 320 g/mol. The molecule has 0 spiro atoms. The minimum atomic E-state index is -1.03. The van der Waals surface area contributed by atoms with Gasteiger partial charge in [-0.25, -0.2) is 4.79 Å². The number of hydrogen-bond acceptors (Lipinski definition) is 5. The minimum absolute atomic E-state index is 0.0294. The summed E-state index contributed by atoms with van der Waals surface area (Å²) in [6, 6.07) is 5.07. The van der Waals surface area contributed by atoms with E-state index in [1.807, 2.05) is 17.7 Å². The van der Waals surface area contributed by atoms with Crippen molar-refractivity contribution in [3.8, 4) is 5.75 Å². The van der Waals surface area contributed by atoms with Gasteiger partial charge in [-0.2, -0.15) is 0 Å². The second kappa shape index (κ2) is 6.01. The molecule has 0 amide bonds. The van der Waals surface area contributed by atoms with Gasteiger partial charge in [0.2, 0.25) is 0 Å². The number of carbonyl (C=O) groups is 1. The molecule has 1 aromatic heterocycles. The molecule has 2 aromatic rings. The molecular weight excluding hydrogens is 305 g/mol. The molecule has 0 aliphatic carbocycles. The van der Waals surface area contributed by atoms with E-state index in [2.05, 4.69) is 10.2 Å². The van der Waals surface area contributed by atoms with Crippen LogP contribution in [0.25, 0.3) is 0 Å². The number of carboxylic acid groups (broad SMARTS) is 1. The Hall–Kier alpha value is -2.00. The van der Waals surface area contributed by atoms with E-state index in [1.54, 1.807) is 12.4 Å². The average Bonchev–Trinajstić information content (AvgIpc) is 2.89. The van der Waals surface area contributed by atoms with Crippen LogP contribution < -0.4 is 4.65 Å². The lowest BCUT2D eigenvalue weighted by Gasteiger charge is -2.23. The van der Waals surface area contributed by atoms with Crippen molar-refractivity contribution in [1.29, 1.82) is 0 Å². The number of aromatic nitrogens is 3. The molecule has 1 aromatic carbocycles. The summed E-state index contributed by atoms with van der Waals surface area (Å²) >= 11 is 1.52. The van der Waals surface area contributed by atoms with Gasteiger partial charge in [-0.05, 0) is 18.1 Å². The molecule has 3 rings (SSSR count). The molecule has 3 N–H and O–H groups in total. The lowest BCUT2D eigenvalue weighted by atomic mass is 9.68. The molecule has 9 heteroatoms. The molecule has 1 unspecified atom stereocenters. The van der Waals surface area contributed by atoms with Crippen molar-refractivity contribution in [2.45, 2.75) is 17.4 Å². The number of carboxylic acids is 1.